The molecule has 0 saturated heterocycles. The molecule has 0 spiro atoms. The molecule has 8 nitrogen and oxygen atoms in total. The van der Waals surface area contributed by atoms with E-state index in [1.807, 2.05) is 0 Å². The van der Waals surface area contributed by atoms with Crippen LogP contribution in [0, 0.1) is 0 Å². The quantitative estimate of drug-likeness (QED) is 0.592. The summed E-state index contributed by atoms with van der Waals surface area (Å²) < 4.78 is 34.3. The molecule has 0 fully saturated rings. The van der Waals surface area contributed by atoms with E-state index in [1.165, 1.54) is 25.3 Å². The van der Waals surface area contributed by atoms with Crippen molar-refractivity contribution in [2.75, 3.05) is 17.1 Å². The van der Waals surface area contributed by atoms with Gasteiger partial charge >= 0.3 is 5.97 Å². The molecule has 0 bridgehead atoms. The Morgan fingerprint density at radius 2 is 1.89 bits per heavy atom. The second-order valence-corrected chi connectivity index (χ2v) is 7.91. The highest BCUT2D eigenvalue weighted by molar-refractivity contribution is 7.92. The van der Waals surface area contributed by atoms with Gasteiger partial charge in [0.15, 0.2) is 0 Å². The molecule has 1 heterocycles. The smallest absolute Gasteiger partial charge is 0.337 e. The molecule has 0 aliphatic heterocycles. The first-order valence-electron chi connectivity index (χ1n) is 8.05. The Balaban J connectivity index is 1.86. The Bertz CT molecular complexity index is 1130. The van der Waals surface area contributed by atoms with E-state index in [0.29, 0.717) is 11.4 Å². The van der Waals surface area contributed by atoms with E-state index in [0.717, 1.165) is 5.69 Å². The van der Waals surface area contributed by atoms with Gasteiger partial charge in [-0.1, -0.05) is 17.7 Å². The van der Waals surface area contributed by atoms with Crippen LogP contribution in [0.5, 0.6) is 0 Å². The molecule has 0 saturated carbocycles. The van der Waals surface area contributed by atoms with Crippen molar-refractivity contribution in [1.82, 2.24) is 9.78 Å². The highest BCUT2D eigenvalue weighted by atomic mass is 35.5. The molecule has 2 aromatic carbocycles. The number of hydrogen-bond donors (Lipinski definition) is 2. The number of rotatable bonds is 6. The van der Waals surface area contributed by atoms with E-state index >= 15 is 0 Å². The third-order valence-electron chi connectivity index (χ3n) is 3.75. The fourth-order valence-electron chi connectivity index (χ4n) is 2.48. The van der Waals surface area contributed by atoms with Crippen molar-refractivity contribution in [3.63, 3.8) is 0 Å². The Morgan fingerprint density at radius 3 is 2.57 bits per heavy atom. The van der Waals surface area contributed by atoms with Gasteiger partial charge in [0, 0.05) is 18.9 Å². The Labute approximate surface area is 167 Å². The first-order valence-corrected chi connectivity index (χ1v) is 9.91. The van der Waals surface area contributed by atoms with Crippen LogP contribution >= 0.6 is 11.6 Å². The summed E-state index contributed by atoms with van der Waals surface area (Å²) in [6.07, 6.45) is 3.43. The summed E-state index contributed by atoms with van der Waals surface area (Å²) in [4.78, 5) is 11.5. The monoisotopic (exact) mass is 420 g/mol. The number of carbonyl (C=O) groups excluding carboxylic acids is 1. The van der Waals surface area contributed by atoms with Crippen molar-refractivity contribution < 1.29 is 17.9 Å². The number of hydrogen-bond acceptors (Lipinski definition) is 6. The van der Waals surface area contributed by atoms with E-state index < -0.39 is 16.0 Å². The summed E-state index contributed by atoms with van der Waals surface area (Å²) in [5, 5.41) is 7.18. The van der Waals surface area contributed by atoms with Crippen molar-refractivity contribution in [3.05, 3.63) is 65.4 Å². The van der Waals surface area contributed by atoms with Crippen molar-refractivity contribution in [1.29, 1.82) is 0 Å². The second-order valence-electron chi connectivity index (χ2n) is 5.85. The van der Waals surface area contributed by atoms with Gasteiger partial charge in [-0.25, -0.2) is 13.2 Å². The fraction of sp³-hybridized carbons (Fsp3) is 0.111. The van der Waals surface area contributed by atoms with Crippen LogP contribution in [-0.2, 0) is 21.8 Å². The molecule has 0 amide bonds. The number of nitrogens with one attached hydrogen (secondary N) is 2. The van der Waals surface area contributed by atoms with Crippen LogP contribution in [0.4, 0.5) is 17.1 Å². The van der Waals surface area contributed by atoms with Gasteiger partial charge in [-0.3, -0.25) is 9.40 Å². The van der Waals surface area contributed by atoms with E-state index in [4.69, 9.17) is 11.6 Å². The highest BCUT2D eigenvalue weighted by Crippen LogP contribution is 2.27. The third-order valence-corrected chi connectivity index (χ3v) is 5.61. The molecule has 0 atom stereocenters. The lowest BCUT2D eigenvalue weighted by atomic mass is 10.2. The Morgan fingerprint density at radius 1 is 1.14 bits per heavy atom. The van der Waals surface area contributed by atoms with Crippen LogP contribution in [0.1, 0.15) is 10.4 Å². The summed E-state index contributed by atoms with van der Waals surface area (Å²) >= 11 is 6.04. The van der Waals surface area contributed by atoms with Crippen molar-refractivity contribution in [3.8, 4) is 0 Å². The number of sulfonamides is 1. The van der Waals surface area contributed by atoms with Gasteiger partial charge in [0.1, 0.15) is 4.90 Å². The van der Waals surface area contributed by atoms with Gasteiger partial charge in [0.05, 0.1) is 35.3 Å². The largest absolute Gasteiger partial charge is 0.465 e. The van der Waals surface area contributed by atoms with E-state index in [1.54, 1.807) is 48.4 Å². The standard InChI is InChI=1S/C18H17ClN4O4S/c1-23-11-15(10-20-23)21-13-4-3-5-14(9-13)22-28(25,26)17-8-12(18(24)27-2)6-7-16(17)19/h3-11,21-22H,1-2H3. The summed E-state index contributed by atoms with van der Waals surface area (Å²) in [6.45, 7) is 0. The van der Waals surface area contributed by atoms with Gasteiger partial charge in [0.2, 0.25) is 0 Å². The lowest BCUT2D eigenvalue weighted by molar-refractivity contribution is 0.0600. The zero-order valence-electron chi connectivity index (χ0n) is 15.0. The van der Waals surface area contributed by atoms with Crippen LogP contribution in [0.15, 0.2) is 59.8 Å². The molecule has 0 radical (unpaired) electrons. The van der Waals surface area contributed by atoms with Gasteiger partial charge in [-0.15, -0.1) is 0 Å². The summed E-state index contributed by atoms with van der Waals surface area (Å²) in [5.74, 6) is -0.657. The number of aryl methyl sites for hydroxylation is 1. The molecular weight excluding hydrogens is 404 g/mol. The number of benzene rings is 2. The average molecular weight is 421 g/mol. The first-order chi connectivity index (χ1) is 13.3. The van der Waals surface area contributed by atoms with E-state index in [9.17, 15) is 13.2 Å². The zero-order chi connectivity index (χ0) is 20.3. The lowest BCUT2D eigenvalue weighted by Gasteiger charge is -2.12. The van der Waals surface area contributed by atoms with Crippen molar-refractivity contribution in [2.45, 2.75) is 4.90 Å². The first kappa shape index (κ1) is 19.7. The van der Waals surface area contributed by atoms with Crippen LogP contribution in [0.3, 0.4) is 0 Å². The minimum atomic E-state index is -4.03. The predicted molar refractivity (Wildman–Crippen MR) is 107 cm³/mol. The topological polar surface area (TPSA) is 102 Å². The predicted octanol–water partition coefficient (Wildman–Crippen LogP) is 3.40. The third kappa shape index (κ3) is 4.44. The van der Waals surface area contributed by atoms with E-state index in [-0.39, 0.29) is 15.5 Å². The molecule has 3 rings (SSSR count). The molecule has 1 aromatic heterocycles. The molecule has 0 unspecified atom stereocenters. The Kier molecular flexibility index (Phi) is 5.57. The van der Waals surface area contributed by atoms with Crippen LogP contribution in [0.2, 0.25) is 5.02 Å². The van der Waals surface area contributed by atoms with Crippen LogP contribution in [-0.4, -0.2) is 31.3 Å². The van der Waals surface area contributed by atoms with Gasteiger partial charge in [0.25, 0.3) is 10.0 Å². The number of carbonyl (C=O) groups is 1. The van der Waals surface area contributed by atoms with Crippen molar-refractivity contribution in [2.24, 2.45) is 7.05 Å². The molecule has 3 aromatic rings. The number of aromatic nitrogens is 2. The number of nitrogens with zero attached hydrogens (tertiary/aromatic N) is 2. The summed E-state index contributed by atoms with van der Waals surface area (Å²) in [6, 6.07) is 10.6. The molecule has 2 N–H and O–H groups in total. The second kappa shape index (κ2) is 7.91. The number of anilines is 3. The molecule has 146 valence electrons. The molecule has 10 heteroatoms. The molecule has 0 aliphatic rings. The van der Waals surface area contributed by atoms with Crippen molar-refractivity contribution >= 4 is 44.7 Å². The normalized spacial score (nSPS) is 11.1. The van der Waals surface area contributed by atoms with Crippen LogP contribution < -0.4 is 10.0 Å². The molecule has 0 aliphatic carbocycles. The highest BCUT2D eigenvalue weighted by Gasteiger charge is 2.21. The summed E-state index contributed by atoms with van der Waals surface area (Å²) in [7, 11) is -1.02. The lowest BCUT2D eigenvalue weighted by Crippen LogP contribution is -2.14. The maximum Gasteiger partial charge on any atom is 0.337 e. The maximum atomic E-state index is 12.8. The minimum Gasteiger partial charge on any atom is -0.465 e. The maximum absolute atomic E-state index is 12.8. The number of methoxy groups -OCH3 is 1. The fourth-order valence-corrected chi connectivity index (χ4v) is 4.05. The number of esters is 1. The average Bonchev–Trinajstić information content (AvgIpc) is 3.06. The van der Waals surface area contributed by atoms with Gasteiger partial charge in [-0.2, -0.15) is 5.10 Å². The summed E-state index contributed by atoms with van der Waals surface area (Å²) in [5.41, 5.74) is 1.84. The minimum absolute atomic E-state index is 0.00945. The van der Waals surface area contributed by atoms with Gasteiger partial charge < -0.3 is 10.1 Å². The molecule has 28 heavy (non-hydrogen) atoms. The number of halogens is 1. The van der Waals surface area contributed by atoms with E-state index in [2.05, 4.69) is 19.9 Å². The molecular formula is C18H17ClN4O4S. The van der Waals surface area contributed by atoms with Gasteiger partial charge in [-0.05, 0) is 36.4 Å². The Hall–Kier alpha value is -3.04. The SMILES string of the molecule is COC(=O)c1ccc(Cl)c(S(=O)(=O)Nc2cccc(Nc3cnn(C)c3)c2)c1. The zero-order valence-corrected chi connectivity index (χ0v) is 16.6. The van der Waals surface area contributed by atoms with Crippen LogP contribution in [0.25, 0.3) is 0 Å². The number of ether oxygens (including phenoxy) is 1.